The van der Waals surface area contributed by atoms with Crippen LogP contribution in [-0.4, -0.2) is 30.1 Å². The molecule has 0 spiro atoms. The summed E-state index contributed by atoms with van der Waals surface area (Å²) in [7, 11) is 0. The Morgan fingerprint density at radius 3 is 2.68 bits per heavy atom. The lowest BCUT2D eigenvalue weighted by atomic mass is 9.97. The molecule has 0 saturated carbocycles. The smallest absolute Gasteiger partial charge is 0.411 e. The van der Waals surface area contributed by atoms with Gasteiger partial charge in [0.05, 0.1) is 12.6 Å². The zero-order valence-electron chi connectivity index (χ0n) is 15.4. The fraction of sp³-hybridized carbons (Fsp3) is 0.238. The molecule has 1 aromatic carbocycles. The monoisotopic (exact) mass is 412 g/mol. The van der Waals surface area contributed by atoms with E-state index in [9.17, 15) is 9.59 Å². The Labute approximate surface area is 171 Å². The highest BCUT2D eigenvalue weighted by molar-refractivity contribution is 7.10. The van der Waals surface area contributed by atoms with Gasteiger partial charge in [-0.25, -0.2) is 4.79 Å². The van der Waals surface area contributed by atoms with Crippen LogP contribution in [0.5, 0.6) is 0 Å². The number of rotatable bonds is 4. The molecule has 7 heteroatoms. The summed E-state index contributed by atoms with van der Waals surface area (Å²) >= 11 is 3.44. The first-order valence-corrected chi connectivity index (χ1v) is 10.9. The number of anilines is 1. The van der Waals surface area contributed by atoms with Crippen LogP contribution in [-0.2, 0) is 11.2 Å². The molecule has 1 aliphatic rings. The van der Waals surface area contributed by atoms with E-state index in [4.69, 9.17) is 4.74 Å². The van der Waals surface area contributed by atoms with Gasteiger partial charge in [-0.2, -0.15) is 0 Å². The zero-order valence-corrected chi connectivity index (χ0v) is 17.0. The highest BCUT2D eigenvalue weighted by atomic mass is 32.1. The Kier molecular flexibility index (Phi) is 5.45. The second-order valence-corrected chi connectivity index (χ2v) is 8.37. The fourth-order valence-electron chi connectivity index (χ4n) is 3.44. The molecular weight excluding hydrogens is 392 g/mol. The molecule has 0 bridgehead atoms. The lowest BCUT2D eigenvalue weighted by molar-refractivity contribution is 0.0699. The Bertz CT molecular complexity index is 964. The molecule has 144 valence electrons. The van der Waals surface area contributed by atoms with Gasteiger partial charge in [0.15, 0.2) is 0 Å². The van der Waals surface area contributed by atoms with Crippen molar-refractivity contribution in [2.75, 3.05) is 18.5 Å². The largest absolute Gasteiger partial charge is 0.450 e. The van der Waals surface area contributed by atoms with E-state index >= 15 is 0 Å². The van der Waals surface area contributed by atoms with Gasteiger partial charge >= 0.3 is 6.09 Å². The molecule has 0 saturated heterocycles. The number of nitrogens with one attached hydrogen (secondary N) is 1. The highest BCUT2D eigenvalue weighted by Crippen LogP contribution is 2.40. The minimum atomic E-state index is -0.500. The average molecular weight is 413 g/mol. The van der Waals surface area contributed by atoms with Crippen molar-refractivity contribution in [3.8, 4) is 0 Å². The number of benzene rings is 1. The van der Waals surface area contributed by atoms with Crippen molar-refractivity contribution in [3.63, 3.8) is 0 Å². The molecular formula is C21H20N2O3S2. The summed E-state index contributed by atoms with van der Waals surface area (Å²) in [4.78, 5) is 29.3. The van der Waals surface area contributed by atoms with Gasteiger partial charge in [-0.1, -0.05) is 6.07 Å². The first kappa shape index (κ1) is 18.7. The van der Waals surface area contributed by atoms with Crippen molar-refractivity contribution < 1.29 is 14.3 Å². The predicted octanol–water partition coefficient (Wildman–Crippen LogP) is 5.17. The van der Waals surface area contributed by atoms with E-state index in [1.165, 1.54) is 15.3 Å². The molecule has 0 radical (unpaired) electrons. The molecule has 3 heterocycles. The second-order valence-electron chi connectivity index (χ2n) is 6.39. The summed E-state index contributed by atoms with van der Waals surface area (Å²) in [6, 6.07) is 13.2. The van der Waals surface area contributed by atoms with E-state index in [0.717, 1.165) is 6.42 Å². The lowest BCUT2D eigenvalue weighted by Crippen LogP contribution is -2.39. The molecule has 1 atom stereocenters. The van der Waals surface area contributed by atoms with Crippen molar-refractivity contribution in [3.05, 3.63) is 74.1 Å². The number of hydrogen-bond acceptors (Lipinski definition) is 5. The topological polar surface area (TPSA) is 58.6 Å². The summed E-state index contributed by atoms with van der Waals surface area (Å²) < 4.78 is 4.88. The van der Waals surface area contributed by atoms with E-state index in [2.05, 4.69) is 28.2 Å². The molecule has 2 amide bonds. The van der Waals surface area contributed by atoms with Crippen LogP contribution >= 0.6 is 22.7 Å². The SMILES string of the molecule is CCOC(=O)Nc1ccc(C(=O)N2CCc3sccc3[C@@H]2c2cccs2)cc1. The van der Waals surface area contributed by atoms with E-state index < -0.39 is 6.09 Å². The van der Waals surface area contributed by atoms with Crippen LogP contribution < -0.4 is 5.32 Å². The number of carbonyl (C=O) groups excluding carboxylic acids is 2. The second kappa shape index (κ2) is 8.16. The fourth-order valence-corrected chi connectivity index (χ4v) is 5.19. The van der Waals surface area contributed by atoms with Gasteiger partial charge in [-0.15, -0.1) is 22.7 Å². The summed E-state index contributed by atoms with van der Waals surface area (Å²) in [5.74, 6) is -0.00191. The third-order valence-corrected chi connectivity index (χ3v) is 6.61. The molecule has 0 aliphatic carbocycles. The molecule has 28 heavy (non-hydrogen) atoms. The standard InChI is InChI=1S/C21H20N2O3S2/c1-2-26-21(25)22-15-7-5-14(6-8-15)20(24)23-11-9-17-16(10-13-28-17)19(23)18-4-3-12-27-18/h3-8,10,12-13,19H,2,9,11H2,1H3,(H,22,25)/t19-/m1/s1. The summed E-state index contributed by atoms with van der Waals surface area (Å²) in [5.41, 5.74) is 2.44. The van der Waals surface area contributed by atoms with Crippen molar-refractivity contribution in [2.24, 2.45) is 0 Å². The van der Waals surface area contributed by atoms with Gasteiger partial charge < -0.3 is 9.64 Å². The number of nitrogens with zero attached hydrogens (tertiary/aromatic N) is 1. The highest BCUT2D eigenvalue weighted by Gasteiger charge is 2.33. The molecule has 2 aromatic heterocycles. The maximum atomic E-state index is 13.3. The van der Waals surface area contributed by atoms with Crippen LogP contribution in [0.2, 0.25) is 0 Å². The molecule has 3 aromatic rings. The average Bonchev–Trinajstić information content (AvgIpc) is 3.39. The third-order valence-electron chi connectivity index (χ3n) is 4.69. The summed E-state index contributed by atoms with van der Waals surface area (Å²) in [6.07, 6.45) is 0.378. The van der Waals surface area contributed by atoms with Crippen molar-refractivity contribution >= 4 is 40.4 Å². The molecule has 1 N–H and O–H groups in total. The molecule has 0 fully saturated rings. The van der Waals surface area contributed by atoms with E-state index in [1.54, 1.807) is 53.9 Å². The van der Waals surface area contributed by atoms with Crippen LogP contribution in [0.3, 0.4) is 0 Å². The van der Waals surface area contributed by atoms with Gasteiger partial charge in [-0.3, -0.25) is 10.1 Å². The van der Waals surface area contributed by atoms with Gasteiger partial charge in [0.1, 0.15) is 0 Å². The Morgan fingerprint density at radius 1 is 1.14 bits per heavy atom. The number of carbonyl (C=O) groups is 2. The zero-order chi connectivity index (χ0) is 19.5. The number of hydrogen-bond donors (Lipinski definition) is 1. The number of ether oxygens (including phenoxy) is 1. The summed E-state index contributed by atoms with van der Waals surface area (Å²) in [5, 5.41) is 6.80. The quantitative estimate of drug-likeness (QED) is 0.643. The number of amides is 2. The van der Waals surface area contributed by atoms with Crippen LogP contribution in [0, 0.1) is 0 Å². The molecule has 1 aliphatic heterocycles. The first-order valence-electron chi connectivity index (χ1n) is 9.12. The van der Waals surface area contributed by atoms with Crippen molar-refractivity contribution in [1.29, 1.82) is 0 Å². The van der Waals surface area contributed by atoms with Crippen LogP contribution in [0.25, 0.3) is 0 Å². The number of fused-ring (bicyclic) bond motifs is 1. The maximum absolute atomic E-state index is 13.3. The van der Waals surface area contributed by atoms with E-state index in [-0.39, 0.29) is 11.9 Å². The number of thiophene rings is 2. The van der Waals surface area contributed by atoms with Crippen molar-refractivity contribution in [1.82, 2.24) is 4.90 Å². The van der Waals surface area contributed by atoms with E-state index in [1.807, 2.05) is 11.0 Å². The van der Waals surface area contributed by atoms with Gasteiger partial charge in [0.2, 0.25) is 0 Å². The van der Waals surface area contributed by atoms with Crippen molar-refractivity contribution in [2.45, 2.75) is 19.4 Å². The lowest BCUT2D eigenvalue weighted by Gasteiger charge is -2.35. The summed E-state index contributed by atoms with van der Waals surface area (Å²) in [6.45, 7) is 2.76. The first-order chi connectivity index (χ1) is 13.7. The Balaban J connectivity index is 1.58. The molecule has 0 unspecified atom stereocenters. The Morgan fingerprint density at radius 2 is 1.96 bits per heavy atom. The van der Waals surface area contributed by atoms with Gasteiger partial charge in [0, 0.05) is 27.5 Å². The van der Waals surface area contributed by atoms with Crippen LogP contribution in [0.4, 0.5) is 10.5 Å². The van der Waals surface area contributed by atoms with Gasteiger partial charge in [0.25, 0.3) is 5.91 Å². The van der Waals surface area contributed by atoms with E-state index in [0.29, 0.717) is 24.4 Å². The normalized spacial score (nSPS) is 15.8. The molecule has 4 rings (SSSR count). The minimum Gasteiger partial charge on any atom is -0.450 e. The van der Waals surface area contributed by atoms with Crippen LogP contribution in [0.15, 0.2) is 53.2 Å². The third kappa shape index (κ3) is 3.68. The van der Waals surface area contributed by atoms with Gasteiger partial charge in [-0.05, 0) is 66.1 Å². The predicted molar refractivity (Wildman–Crippen MR) is 112 cm³/mol. The Hall–Kier alpha value is -2.64. The van der Waals surface area contributed by atoms with Crippen LogP contribution in [0.1, 0.15) is 38.6 Å². The molecule has 5 nitrogen and oxygen atoms in total. The maximum Gasteiger partial charge on any atom is 0.411 e. The minimum absolute atomic E-state index is 0.00191.